The Kier molecular flexibility index (Phi) is 22.9. The minimum atomic E-state index is -4.62. The van der Waals surface area contributed by atoms with Crippen LogP contribution in [0.3, 0.4) is 0 Å². The predicted molar refractivity (Wildman–Crippen MR) is 318 cm³/mol. The van der Waals surface area contributed by atoms with E-state index in [1.807, 2.05) is 54.6 Å². The van der Waals surface area contributed by atoms with Crippen molar-refractivity contribution < 1.29 is 56.6 Å². The molecule has 0 radical (unpaired) electrons. The molecule has 1 aliphatic rings. The summed E-state index contributed by atoms with van der Waals surface area (Å²) in [5.74, 6) is -7.80. The summed E-state index contributed by atoms with van der Waals surface area (Å²) in [6.07, 6.45) is -1.51. The van der Waals surface area contributed by atoms with E-state index in [-0.39, 0.29) is 55.7 Å². The Balaban J connectivity index is 1.26. The van der Waals surface area contributed by atoms with E-state index in [2.05, 4.69) is 41.9 Å². The van der Waals surface area contributed by atoms with Crippen LogP contribution in [-0.2, 0) is 70.2 Å². The van der Waals surface area contributed by atoms with E-state index in [1.54, 1.807) is 30.5 Å². The summed E-state index contributed by atoms with van der Waals surface area (Å²) in [4.78, 5) is 124. The van der Waals surface area contributed by atoms with Crippen LogP contribution in [0.15, 0.2) is 122 Å². The predicted octanol–water partition coefficient (Wildman–Crippen LogP) is 2.46. The zero-order valence-corrected chi connectivity index (χ0v) is 48.2. The van der Waals surface area contributed by atoms with Gasteiger partial charge in [-0.3, -0.25) is 43.3 Å². The van der Waals surface area contributed by atoms with E-state index >= 15 is 4.79 Å². The Hall–Kier alpha value is -8.04. The van der Waals surface area contributed by atoms with Crippen molar-refractivity contribution in [2.24, 2.45) is 17.2 Å². The van der Waals surface area contributed by atoms with Gasteiger partial charge in [0.25, 0.3) is 0 Å². The van der Waals surface area contributed by atoms with Gasteiger partial charge in [0.1, 0.15) is 42.3 Å². The summed E-state index contributed by atoms with van der Waals surface area (Å²) in [6.45, 7) is 1.46. The number of hydrogen-bond acceptors (Lipinski definition) is 14. The number of H-pyrrole nitrogens is 1. The quantitative estimate of drug-likeness (QED) is 0.0435. The normalized spacial score (nSPS) is 20.9. The Morgan fingerprint density at radius 3 is 2.16 bits per heavy atom. The number of benzene rings is 4. The van der Waals surface area contributed by atoms with Crippen molar-refractivity contribution in [1.82, 2.24) is 46.8 Å². The van der Waals surface area contributed by atoms with Crippen LogP contribution < -0.4 is 49.1 Å². The number of nitrogens with one attached hydrogen (secondary N) is 7. The van der Waals surface area contributed by atoms with Crippen LogP contribution in [0.2, 0.25) is 0 Å². The number of hydrogen-bond donors (Lipinski definition) is 11. The van der Waals surface area contributed by atoms with Crippen molar-refractivity contribution in [3.05, 3.63) is 150 Å². The summed E-state index contributed by atoms with van der Waals surface area (Å²) < 4.78 is 40.2. The van der Waals surface area contributed by atoms with Crippen LogP contribution in [-0.4, -0.2) is 147 Å². The van der Waals surface area contributed by atoms with Crippen molar-refractivity contribution >= 4 is 90.5 Å². The van der Waals surface area contributed by atoms with E-state index in [4.69, 9.17) is 17.2 Å². The molecule has 1 saturated heterocycles. The monoisotopic (exact) mass is 1210 g/mol. The highest BCUT2D eigenvalue weighted by Gasteiger charge is 2.39. The lowest BCUT2D eigenvalue weighted by Gasteiger charge is -2.33. The van der Waals surface area contributed by atoms with Gasteiger partial charge in [0.2, 0.25) is 47.3 Å². The van der Waals surface area contributed by atoms with Crippen LogP contribution in [0.25, 0.3) is 21.7 Å². The number of aliphatic hydroxyl groups excluding tert-OH is 1. The summed E-state index contributed by atoms with van der Waals surface area (Å²) >= 11 is 0. The summed E-state index contributed by atoms with van der Waals surface area (Å²) in [5, 5.41) is 29.7. The molecule has 7 rings (SSSR count). The van der Waals surface area contributed by atoms with Gasteiger partial charge in [-0.15, -0.1) is 0 Å². The highest BCUT2D eigenvalue weighted by Crippen LogP contribution is 2.30. The fraction of sp³-hybridized carbons (Fsp3) is 0.373. The number of para-hydroxylation sites is 1. The number of nitrogens with two attached hydrogens (primary N) is 3. The molecule has 1 aliphatic heterocycles. The zero-order chi connectivity index (χ0) is 61.4. The van der Waals surface area contributed by atoms with Gasteiger partial charge in [-0.05, 0) is 96.4 Å². The van der Waals surface area contributed by atoms with Crippen LogP contribution in [0.4, 0.5) is 13.2 Å². The van der Waals surface area contributed by atoms with Gasteiger partial charge in [-0.25, -0.2) is 0 Å². The molecule has 0 bridgehead atoms. The summed E-state index contributed by atoms with van der Waals surface area (Å²) in [5.41, 5.74) is 19.9. The number of carbonyl (C=O) groups is 8. The molecule has 452 valence electrons. The van der Waals surface area contributed by atoms with Crippen molar-refractivity contribution in [2.45, 2.75) is 112 Å². The maximum Gasteiger partial charge on any atom is 0.416 e. The number of carbonyl (C=O) groups excluding carboxylic acids is 8. The van der Waals surface area contributed by atoms with Gasteiger partial charge < -0.3 is 64.1 Å². The SMILES string of the molecule is C[C@@H](O)[C@@H]1NC(=O)[C@H](CCCCN)N(C)C(=O)[C@@H](Cc2c[nH]c3ccccc23)NC(=O)[C@H](Cc2cccnc2)NC(=O)[C@H](NC(=O)[C@@H](N)Cc2ccc(C(F)(F)F)cc2)CSSC[C@@H](C(=O)N[C@@H](Cc2ccc3ccccc3c2)C(N)=O)NC1=O. The van der Waals surface area contributed by atoms with Crippen molar-refractivity contribution in [1.29, 1.82) is 0 Å². The topological polar surface area (TPSA) is 339 Å². The van der Waals surface area contributed by atoms with E-state index in [0.717, 1.165) is 60.3 Å². The third-order valence-corrected chi connectivity index (χ3v) is 16.8. The number of primary amides is 1. The molecule has 2 aromatic heterocycles. The first kappa shape index (κ1) is 64.5. The number of amides is 8. The van der Waals surface area contributed by atoms with Crippen LogP contribution >= 0.6 is 21.6 Å². The first-order valence-electron chi connectivity index (χ1n) is 27.4. The highest BCUT2D eigenvalue weighted by molar-refractivity contribution is 8.76. The molecule has 21 nitrogen and oxygen atoms in total. The molecule has 0 unspecified atom stereocenters. The molecule has 26 heteroatoms. The maximum absolute atomic E-state index is 15.2. The number of nitrogens with zero attached hydrogens (tertiary/aromatic N) is 2. The lowest BCUT2D eigenvalue weighted by Crippen LogP contribution is -2.62. The highest BCUT2D eigenvalue weighted by atomic mass is 33.1. The lowest BCUT2D eigenvalue weighted by atomic mass is 10.00. The van der Waals surface area contributed by atoms with E-state index < -0.39 is 113 Å². The Morgan fingerprint density at radius 1 is 0.776 bits per heavy atom. The van der Waals surface area contributed by atoms with Crippen molar-refractivity contribution in [2.75, 3.05) is 25.1 Å². The second kappa shape index (κ2) is 30.2. The number of pyridine rings is 1. The Bertz CT molecular complexity index is 3320. The number of fused-ring (bicyclic) bond motifs is 2. The number of alkyl halides is 3. The number of rotatable bonds is 18. The van der Waals surface area contributed by atoms with Gasteiger partial charge in [-0.2, -0.15) is 13.2 Å². The lowest BCUT2D eigenvalue weighted by molar-refractivity contribution is -0.143. The molecule has 9 atom stereocenters. The number of halogens is 3. The van der Waals surface area contributed by atoms with Gasteiger partial charge in [0, 0.05) is 67.3 Å². The van der Waals surface area contributed by atoms with Crippen LogP contribution in [0.5, 0.6) is 0 Å². The number of unbranched alkanes of at least 4 members (excludes halogenated alkanes) is 1. The van der Waals surface area contributed by atoms with Gasteiger partial charge >= 0.3 is 6.18 Å². The molecule has 4 aromatic carbocycles. The number of likely N-dealkylation sites (N-methyl/N-ethyl adjacent to an activating group) is 1. The molecule has 14 N–H and O–H groups in total. The largest absolute Gasteiger partial charge is 0.416 e. The summed E-state index contributed by atoms with van der Waals surface area (Å²) in [7, 11) is 3.21. The Morgan fingerprint density at radius 2 is 1.47 bits per heavy atom. The smallest absolute Gasteiger partial charge is 0.391 e. The minimum Gasteiger partial charge on any atom is -0.391 e. The van der Waals surface area contributed by atoms with E-state index in [9.17, 15) is 51.8 Å². The second-order valence-electron chi connectivity index (χ2n) is 20.8. The molecule has 3 heterocycles. The molecule has 0 saturated carbocycles. The van der Waals surface area contributed by atoms with Gasteiger partial charge in [0.15, 0.2) is 0 Å². The molecule has 8 amide bonds. The first-order valence-corrected chi connectivity index (χ1v) is 29.9. The first-order chi connectivity index (χ1) is 40.6. The molecule has 1 fully saturated rings. The van der Waals surface area contributed by atoms with Crippen LogP contribution in [0.1, 0.15) is 54.0 Å². The van der Waals surface area contributed by atoms with Crippen molar-refractivity contribution in [3.8, 4) is 0 Å². The standard InChI is InChI=1S/C59H69F3N12O9S2/c1-33(75)50-57(82)72-48(54(79)68-44(51(65)76)26-35-16-19-37-11-3-4-12-38(37)24-35)32-85-84-31-47(71-52(77)42(64)25-34-17-20-40(21-18-34)59(60,61)62)55(80)69-45(27-36-10-9-23-66-29-36)53(78)70-46(28-39-30-67-43-14-6-5-13-41(39)43)58(83)74(2)49(56(81)73-50)15-7-8-22-63/h3-6,9-14,16-21,23-24,29-30,33,42,44-50,67,75H,7-8,15,22,25-28,31-32,63-64H2,1-2H3,(H2,65,76)(H,68,79)(H,69,80)(H,70,78)(H,71,77)(H,72,82)(H,73,81)/t33-,42+,44+,45+,46-,47-,48+,49+,50+/m1/s1. The Labute approximate surface area is 496 Å². The molecule has 0 spiro atoms. The number of aliphatic hydroxyl groups is 1. The maximum atomic E-state index is 15.2. The summed E-state index contributed by atoms with van der Waals surface area (Å²) in [6, 6.07) is 15.7. The fourth-order valence-electron chi connectivity index (χ4n) is 9.68. The minimum absolute atomic E-state index is 0.00141. The number of aromatic nitrogens is 2. The van der Waals surface area contributed by atoms with E-state index in [0.29, 0.717) is 29.5 Å². The van der Waals surface area contributed by atoms with Gasteiger partial charge in [0.05, 0.1) is 17.7 Å². The molecular weight excluding hydrogens is 1140 g/mol. The fourth-order valence-corrected chi connectivity index (χ4v) is 12.0. The number of aromatic amines is 1. The molecule has 0 aliphatic carbocycles. The average molecular weight is 1210 g/mol. The van der Waals surface area contributed by atoms with E-state index in [1.165, 1.54) is 38.5 Å². The zero-order valence-electron chi connectivity index (χ0n) is 46.6. The second-order valence-corrected chi connectivity index (χ2v) is 23.3. The third kappa shape index (κ3) is 18.0. The third-order valence-electron chi connectivity index (χ3n) is 14.4. The van der Waals surface area contributed by atoms with Crippen LogP contribution in [0, 0.1) is 0 Å². The average Bonchev–Trinajstić information content (AvgIpc) is 3.29. The van der Waals surface area contributed by atoms with Crippen molar-refractivity contribution in [3.63, 3.8) is 0 Å². The molecule has 6 aromatic rings. The van der Waals surface area contributed by atoms with Gasteiger partial charge in [-0.1, -0.05) is 100 Å². The molecular formula is C59H69F3N12O9S2. The molecule has 85 heavy (non-hydrogen) atoms.